The maximum atomic E-state index is 12.4. The predicted molar refractivity (Wildman–Crippen MR) is 95.0 cm³/mol. The van der Waals surface area contributed by atoms with Gasteiger partial charge in [-0.2, -0.15) is 0 Å². The van der Waals surface area contributed by atoms with Crippen LogP contribution >= 0.6 is 11.3 Å². The fourth-order valence-corrected chi connectivity index (χ4v) is 3.33. The number of amides is 1. The van der Waals surface area contributed by atoms with Crippen LogP contribution in [0, 0.1) is 0 Å². The van der Waals surface area contributed by atoms with Crippen LogP contribution in [0.25, 0.3) is 0 Å². The molecule has 25 heavy (non-hydrogen) atoms. The van der Waals surface area contributed by atoms with Crippen molar-refractivity contribution in [3.05, 3.63) is 81.9 Å². The highest BCUT2D eigenvalue weighted by molar-refractivity contribution is 7.10. The number of rotatable bonds is 6. The fourth-order valence-electron chi connectivity index (χ4n) is 2.49. The summed E-state index contributed by atoms with van der Waals surface area (Å²) in [6.07, 6.45) is 1.63. The first-order chi connectivity index (χ1) is 12.2. The Balaban J connectivity index is 1.69. The Bertz CT molecular complexity index is 789. The van der Waals surface area contributed by atoms with Gasteiger partial charge in [-0.3, -0.25) is 4.79 Å². The Morgan fingerprint density at radius 2 is 1.88 bits per heavy atom. The topological polar surface area (TPSA) is 68.5 Å². The van der Waals surface area contributed by atoms with E-state index in [9.17, 15) is 9.59 Å². The summed E-state index contributed by atoms with van der Waals surface area (Å²) in [5.41, 5.74) is 0.892. The van der Waals surface area contributed by atoms with Crippen molar-refractivity contribution in [2.75, 3.05) is 13.7 Å². The minimum Gasteiger partial charge on any atom is -0.469 e. The molecule has 0 unspecified atom stereocenters. The highest BCUT2D eigenvalue weighted by Gasteiger charge is 2.19. The van der Waals surface area contributed by atoms with Crippen molar-refractivity contribution < 1.29 is 18.7 Å². The van der Waals surface area contributed by atoms with Gasteiger partial charge >= 0.3 is 5.97 Å². The van der Waals surface area contributed by atoms with Crippen LogP contribution < -0.4 is 5.32 Å². The number of nitrogens with one attached hydrogen (secondary N) is 1. The molecule has 0 spiro atoms. The van der Waals surface area contributed by atoms with Crippen LogP contribution in [-0.4, -0.2) is 25.5 Å². The first-order valence-corrected chi connectivity index (χ1v) is 8.60. The molecule has 0 fully saturated rings. The molecule has 1 amide bonds. The summed E-state index contributed by atoms with van der Waals surface area (Å²) in [6, 6.07) is 14.1. The maximum absolute atomic E-state index is 12.4. The lowest BCUT2D eigenvalue weighted by Gasteiger charge is -2.14. The number of benzene rings is 1. The smallest absolute Gasteiger partial charge is 0.337 e. The number of hydrogen-bond acceptors (Lipinski definition) is 5. The lowest BCUT2D eigenvalue weighted by atomic mass is 10.0. The van der Waals surface area contributed by atoms with Gasteiger partial charge in [0.25, 0.3) is 5.91 Å². The van der Waals surface area contributed by atoms with Gasteiger partial charge in [0.1, 0.15) is 5.76 Å². The highest BCUT2D eigenvalue weighted by atomic mass is 32.1. The standard InChI is InChI=1S/C19H17NO4S/c1-23-19(22)14-8-6-13(7-9-14)18(21)20-12-15(16-4-2-10-24-16)17-5-3-11-25-17/h2-11,15H,12H2,1H3,(H,20,21)/t15-/m0/s1. The number of carbonyl (C=O) groups excluding carboxylic acids is 2. The Hall–Kier alpha value is -2.86. The molecule has 2 aromatic heterocycles. The van der Waals surface area contributed by atoms with Gasteiger partial charge in [-0.1, -0.05) is 6.07 Å². The van der Waals surface area contributed by atoms with Crippen LogP contribution in [0.3, 0.4) is 0 Å². The van der Waals surface area contributed by atoms with E-state index in [1.54, 1.807) is 41.9 Å². The summed E-state index contributed by atoms with van der Waals surface area (Å²) in [5, 5.41) is 4.93. The molecule has 0 aliphatic carbocycles. The van der Waals surface area contributed by atoms with E-state index in [0.717, 1.165) is 10.6 Å². The number of furan rings is 1. The average molecular weight is 355 g/mol. The summed E-state index contributed by atoms with van der Waals surface area (Å²) < 4.78 is 10.2. The van der Waals surface area contributed by atoms with E-state index in [2.05, 4.69) is 10.1 Å². The first-order valence-electron chi connectivity index (χ1n) is 7.72. The molecule has 0 bridgehead atoms. The highest BCUT2D eigenvalue weighted by Crippen LogP contribution is 2.28. The third-order valence-corrected chi connectivity index (χ3v) is 4.79. The number of ether oxygens (including phenoxy) is 1. The number of thiophene rings is 1. The van der Waals surface area contributed by atoms with Crippen LogP contribution in [-0.2, 0) is 4.74 Å². The molecule has 6 heteroatoms. The van der Waals surface area contributed by atoms with Gasteiger partial charge in [0.2, 0.25) is 0 Å². The van der Waals surface area contributed by atoms with E-state index in [1.807, 2.05) is 29.6 Å². The molecule has 0 saturated heterocycles. The summed E-state index contributed by atoms with van der Waals surface area (Å²) in [7, 11) is 1.32. The molecular weight excluding hydrogens is 338 g/mol. The largest absolute Gasteiger partial charge is 0.469 e. The summed E-state index contributed by atoms with van der Waals surface area (Å²) >= 11 is 1.62. The van der Waals surface area contributed by atoms with Crippen molar-refractivity contribution in [2.45, 2.75) is 5.92 Å². The van der Waals surface area contributed by atoms with Gasteiger partial charge < -0.3 is 14.5 Å². The number of esters is 1. The van der Waals surface area contributed by atoms with Gasteiger partial charge in [0.05, 0.1) is 24.9 Å². The quantitative estimate of drug-likeness (QED) is 0.685. The monoisotopic (exact) mass is 355 g/mol. The summed E-state index contributed by atoms with van der Waals surface area (Å²) in [6.45, 7) is 0.422. The van der Waals surface area contributed by atoms with E-state index >= 15 is 0 Å². The molecule has 0 aliphatic rings. The van der Waals surface area contributed by atoms with Gasteiger partial charge in [-0.05, 0) is 47.8 Å². The lowest BCUT2D eigenvalue weighted by molar-refractivity contribution is 0.0600. The van der Waals surface area contributed by atoms with Crippen LogP contribution in [0.15, 0.2) is 64.6 Å². The van der Waals surface area contributed by atoms with Crippen molar-refractivity contribution in [2.24, 2.45) is 0 Å². The second-order valence-corrected chi connectivity index (χ2v) is 6.34. The van der Waals surface area contributed by atoms with Crippen molar-refractivity contribution in [1.82, 2.24) is 5.32 Å². The lowest BCUT2D eigenvalue weighted by Crippen LogP contribution is -2.28. The Kier molecular flexibility index (Phi) is 5.30. The van der Waals surface area contributed by atoms with Crippen molar-refractivity contribution in [3.8, 4) is 0 Å². The van der Waals surface area contributed by atoms with Crippen LogP contribution in [0.4, 0.5) is 0 Å². The van der Waals surface area contributed by atoms with E-state index in [1.165, 1.54) is 7.11 Å². The third-order valence-electron chi connectivity index (χ3n) is 3.81. The second kappa shape index (κ2) is 7.81. The normalized spacial score (nSPS) is 11.7. The van der Waals surface area contributed by atoms with Gasteiger partial charge in [0, 0.05) is 17.0 Å². The Morgan fingerprint density at radius 1 is 1.12 bits per heavy atom. The SMILES string of the molecule is COC(=O)c1ccc(C(=O)NC[C@@H](c2ccco2)c2cccs2)cc1. The second-order valence-electron chi connectivity index (χ2n) is 5.36. The summed E-state index contributed by atoms with van der Waals surface area (Å²) in [5.74, 6) is 0.143. The molecular formula is C19H17NO4S. The van der Waals surface area contributed by atoms with Crippen molar-refractivity contribution >= 4 is 23.2 Å². The molecule has 3 aromatic rings. The Morgan fingerprint density at radius 3 is 2.48 bits per heavy atom. The van der Waals surface area contributed by atoms with Crippen LogP contribution in [0.2, 0.25) is 0 Å². The van der Waals surface area contributed by atoms with Crippen LogP contribution in [0.5, 0.6) is 0 Å². The number of hydrogen-bond donors (Lipinski definition) is 1. The predicted octanol–water partition coefficient (Wildman–Crippen LogP) is 3.69. The zero-order chi connectivity index (χ0) is 17.6. The molecule has 5 nitrogen and oxygen atoms in total. The maximum Gasteiger partial charge on any atom is 0.337 e. The molecule has 2 heterocycles. The zero-order valence-electron chi connectivity index (χ0n) is 13.6. The molecule has 128 valence electrons. The van der Waals surface area contributed by atoms with Crippen molar-refractivity contribution in [3.63, 3.8) is 0 Å². The fraction of sp³-hybridized carbons (Fsp3) is 0.158. The molecule has 1 aromatic carbocycles. The molecule has 1 N–H and O–H groups in total. The van der Waals surface area contributed by atoms with E-state index < -0.39 is 5.97 Å². The molecule has 0 radical (unpaired) electrons. The van der Waals surface area contributed by atoms with E-state index in [0.29, 0.717) is 17.7 Å². The Labute approximate surface area is 149 Å². The minimum atomic E-state index is -0.428. The molecule has 0 aliphatic heterocycles. The molecule has 0 saturated carbocycles. The van der Waals surface area contributed by atoms with Gasteiger partial charge in [-0.15, -0.1) is 11.3 Å². The first kappa shape index (κ1) is 17.0. The number of carbonyl (C=O) groups is 2. The van der Waals surface area contributed by atoms with E-state index in [-0.39, 0.29) is 11.8 Å². The summed E-state index contributed by atoms with van der Waals surface area (Å²) in [4.78, 5) is 24.9. The van der Waals surface area contributed by atoms with E-state index in [4.69, 9.17) is 4.42 Å². The van der Waals surface area contributed by atoms with Crippen LogP contribution in [0.1, 0.15) is 37.3 Å². The van der Waals surface area contributed by atoms with Gasteiger partial charge in [-0.25, -0.2) is 4.79 Å². The molecule has 1 atom stereocenters. The number of methoxy groups -OCH3 is 1. The average Bonchev–Trinajstić information content (AvgIpc) is 3.35. The van der Waals surface area contributed by atoms with Gasteiger partial charge in [0.15, 0.2) is 0 Å². The third kappa shape index (κ3) is 3.97. The minimum absolute atomic E-state index is 0.0340. The molecule has 3 rings (SSSR count). The van der Waals surface area contributed by atoms with Crippen molar-refractivity contribution in [1.29, 1.82) is 0 Å². The zero-order valence-corrected chi connectivity index (χ0v) is 14.4.